The molecule has 2 N–H and O–H groups in total. The second kappa shape index (κ2) is 10.9. The van der Waals surface area contributed by atoms with Crippen LogP contribution >= 0.6 is 11.6 Å². The second-order valence-corrected chi connectivity index (χ2v) is 10.3. The van der Waals surface area contributed by atoms with Crippen molar-refractivity contribution in [3.8, 4) is 16.9 Å². The lowest BCUT2D eigenvalue weighted by atomic mass is 9.99. The van der Waals surface area contributed by atoms with Crippen LogP contribution in [0.25, 0.3) is 17.2 Å². The van der Waals surface area contributed by atoms with Gasteiger partial charge in [-0.3, -0.25) is 9.59 Å². The first-order valence-electron chi connectivity index (χ1n) is 12.1. The third-order valence-corrected chi connectivity index (χ3v) is 6.45. The van der Waals surface area contributed by atoms with E-state index in [4.69, 9.17) is 22.1 Å². The van der Waals surface area contributed by atoms with E-state index in [0.29, 0.717) is 35.0 Å². The third-order valence-electron chi connectivity index (χ3n) is 6.16. The van der Waals surface area contributed by atoms with Gasteiger partial charge in [0, 0.05) is 18.2 Å². The first kappa shape index (κ1) is 27.3. The molecule has 6 nitrogen and oxygen atoms in total. The van der Waals surface area contributed by atoms with Crippen molar-refractivity contribution in [2.75, 3.05) is 18.8 Å². The molecule has 4 rings (SSSR count). The number of anilines is 1. The van der Waals surface area contributed by atoms with E-state index in [0.717, 1.165) is 21.6 Å². The molecule has 0 aliphatic carbocycles. The number of hydrogen-bond donors (Lipinski definition) is 1. The Morgan fingerprint density at radius 1 is 1.11 bits per heavy atom. The van der Waals surface area contributed by atoms with Crippen LogP contribution in [0.5, 0.6) is 5.75 Å². The molecular formula is C29H28ClF2N3O3. The highest BCUT2D eigenvalue weighted by Gasteiger charge is 2.46. The molecule has 1 amide bonds. The lowest BCUT2D eigenvalue weighted by molar-refractivity contribution is -0.115. The number of nitrogen functional groups attached to an aromatic ring is 1. The number of rotatable bonds is 9. The minimum atomic E-state index is -2.80. The molecule has 0 saturated carbocycles. The molecule has 0 atom stereocenters. The summed E-state index contributed by atoms with van der Waals surface area (Å²) >= 11 is 6.50. The van der Waals surface area contributed by atoms with Crippen molar-refractivity contribution in [1.29, 1.82) is 0 Å². The summed E-state index contributed by atoms with van der Waals surface area (Å²) in [6.45, 7) is 2.68. The summed E-state index contributed by atoms with van der Waals surface area (Å²) in [5.41, 5.74) is 7.70. The number of ketones is 1. The fourth-order valence-electron chi connectivity index (χ4n) is 3.97. The molecule has 1 fully saturated rings. The number of hydrogen-bond acceptors (Lipinski definition) is 5. The zero-order valence-electron chi connectivity index (χ0n) is 21.1. The fourth-order valence-corrected chi connectivity index (χ4v) is 4.19. The van der Waals surface area contributed by atoms with Crippen molar-refractivity contribution in [2.24, 2.45) is 0 Å². The van der Waals surface area contributed by atoms with Gasteiger partial charge in [0.15, 0.2) is 5.78 Å². The number of ether oxygens (including phenoxy) is 1. The predicted octanol–water partition coefficient (Wildman–Crippen LogP) is 6.30. The van der Waals surface area contributed by atoms with Crippen LogP contribution < -0.4 is 10.5 Å². The summed E-state index contributed by atoms with van der Waals surface area (Å²) < 4.78 is 32.2. The van der Waals surface area contributed by atoms with Gasteiger partial charge in [0.25, 0.3) is 11.8 Å². The molecule has 2 heterocycles. The van der Waals surface area contributed by atoms with E-state index in [1.165, 1.54) is 6.08 Å². The molecule has 2 aromatic carbocycles. The molecule has 0 bridgehead atoms. The van der Waals surface area contributed by atoms with Gasteiger partial charge in [-0.05, 0) is 85.5 Å². The quantitative estimate of drug-likeness (QED) is 0.323. The number of likely N-dealkylation sites (tertiary alicyclic amines) is 1. The van der Waals surface area contributed by atoms with E-state index in [1.54, 1.807) is 60.8 Å². The van der Waals surface area contributed by atoms with Crippen LogP contribution in [0.15, 0.2) is 66.9 Å². The molecule has 1 aliphatic heterocycles. The Morgan fingerprint density at radius 3 is 2.39 bits per heavy atom. The van der Waals surface area contributed by atoms with E-state index in [1.807, 2.05) is 19.9 Å². The predicted molar refractivity (Wildman–Crippen MR) is 144 cm³/mol. The average molecular weight is 540 g/mol. The van der Waals surface area contributed by atoms with Gasteiger partial charge in [0.1, 0.15) is 17.2 Å². The van der Waals surface area contributed by atoms with Gasteiger partial charge in [-0.15, -0.1) is 0 Å². The van der Waals surface area contributed by atoms with Gasteiger partial charge in [0.05, 0.1) is 18.1 Å². The van der Waals surface area contributed by atoms with Gasteiger partial charge in [0.2, 0.25) is 0 Å². The number of amides is 1. The zero-order chi connectivity index (χ0) is 27.5. The van der Waals surface area contributed by atoms with E-state index >= 15 is 0 Å². The standard InChI is InChI=1S/C29H28ClF2N3O3/c1-28(2,14-13-23(36)10-3-19-4-12-26(33)34-16-19)38-25-11-9-22(15-24(25)30)20-5-7-21(8-6-20)27(37)35-17-29(31,32)18-35/h3-12,15-16H,13-14,17-18H2,1-2H3,(H2,33,34)/b10-3+. The number of nitrogens with two attached hydrogens (primary N) is 1. The Hall–Kier alpha value is -3.78. The maximum absolute atomic E-state index is 13.1. The maximum atomic E-state index is 13.1. The summed E-state index contributed by atoms with van der Waals surface area (Å²) in [5, 5.41) is 0.403. The average Bonchev–Trinajstić information content (AvgIpc) is 2.86. The van der Waals surface area contributed by atoms with Crippen molar-refractivity contribution in [3.63, 3.8) is 0 Å². The van der Waals surface area contributed by atoms with Gasteiger partial charge < -0.3 is 15.4 Å². The van der Waals surface area contributed by atoms with Crippen molar-refractivity contribution in [2.45, 2.75) is 38.2 Å². The minimum absolute atomic E-state index is 0.0373. The number of carbonyl (C=O) groups is 2. The number of alkyl halides is 2. The summed E-state index contributed by atoms with van der Waals surface area (Å²) in [5.74, 6) is -2.34. The van der Waals surface area contributed by atoms with Crippen LogP contribution in [0.2, 0.25) is 5.02 Å². The SMILES string of the molecule is CC(C)(CCC(=O)/C=C/c1ccc(N)nc1)Oc1ccc(-c2ccc(C(=O)N3CC(F)(F)C3)cc2)cc1Cl. The van der Waals surface area contributed by atoms with Crippen molar-refractivity contribution in [1.82, 2.24) is 9.88 Å². The van der Waals surface area contributed by atoms with Crippen LogP contribution in [0.3, 0.4) is 0 Å². The van der Waals surface area contributed by atoms with Gasteiger partial charge in [-0.2, -0.15) is 0 Å². The Labute approximate surface area is 225 Å². The van der Waals surface area contributed by atoms with E-state index in [2.05, 4.69) is 4.98 Å². The highest BCUT2D eigenvalue weighted by Crippen LogP contribution is 2.34. The summed E-state index contributed by atoms with van der Waals surface area (Å²) in [6.07, 6.45) is 5.59. The number of carbonyl (C=O) groups excluding carboxylic acids is 2. The molecule has 0 radical (unpaired) electrons. The Kier molecular flexibility index (Phi) is 7.83. The maximum Gasteiger partial charge on any atom is 0.282 e. The fraction of sp³-hybridized carbons (Fsp3) is 0.276. The summed E-state index contributed by atoms with van der Waals surface area (Å²) in [4.78, 5) is 29.8. The van der Waals surface area contributed by atoms with Crippen molar-refractivity contribution in [3.05, 3.63) is 83.0 Å². The lowest BCUT2D eigenvalue weighted by Gasteiger charge is -2.38. The molecule has 198 valence electrons. The second-order valence-electron chi connectivity index (χ2n) is 9.92. The highest BCUT2D eigenvalue weighted by atomic mass is 35.5. The highest BCUT2D eigenvalue weighted by molar-refractivity contribution is 6.32. The van der Waals surface area contributed by atoms with Crippen LogP contribution in [0.4, 0.5) is 14.6 Å². The molecule has 1 saturated heterocycles. The third kappa shape index (κ3) is 6.95. The summed E-state index contributed by atoms with van der Waals surface area (Å²) in [6, 6.07) is 15.6. The van der Waals surface area contributed by atoms with E-state index < -0.39 is 30.5 Å². The number of aromatic nitrogens is 1. The van der Waals surface area contributed by atoms with Crippen LogP contribution in [-0.2, 0) is 4.79 Å². The number of benzene rings is 2. The molecule has 3 aromatic rings. The topological polar surface area (TPSA) is 85.5 Å². The number of pyridine rings is 1. The zero-order valence-corrected chi connectivity index (χ0v) is 21.8. The first-order valence-corrected chi connectivity index (χ1v) is 12.5. The molecule has 38 heavy (non-hydrogen) atoms. The van der Waals surface area contributed by atoms with Gasteiger partial charge >= 0.3 is 0 Å². The molecule has 1 aromatic heterocycles. The first-order chi connectivity index (χ1) is 17.9. The molecule has 1 aliphatic rings. The van der Waals surface area contributed by atoms with Crippen molar-refractivity contribution < 1.29 is 23.1 Å². The van der Waals surface area contributed by atoms with E-state index in [-0.39, 0.29) is 5.78 Å². The number of allylic oxidation sites excluding steroid dienone is 1. The van der Waals surface area contributed by atoms with Crippen LogP contribution in [0.1, 0.15) is 42.6 Å². The van der Waals surface area contributed by atoms with E-state index in [9.17, 15) is 18.4 Å². The smallest absolute Gasteiger partial charge is 0.282 e. The van der Waals surface area contributed by atoms with Crippen molar-refractivity contribution >= 4 is 35.2 Å². The minimum Gasteiger partial charge on any atom is -0.486 e. The summed E-state index contributed by atoms with van der Waals surface area (Å²) in [7, 11) is 0. The molecule has 0 spiro atoms. The van der Waals surface area contributed by atoms with Crippen LogP contribution in [-0.4, -0.2) is 46.2 Å². The van der Waals surface area contributed by atoms with Gasteiger partial charge in [-0.25, -0.2) is 13.8 Å². The normalized spacial score (nSPS) is 14.8. The monoisotopic (exact) mass is 539 g/mol. The largest absolute Gasteiger partial charge is 0.486 e. The molecular weight excluding hydrogens is 512 g/mol. The lowest BCUT2D eigenvalue weighted by Crippen LogP contribution is -2.58. The van der Waals surface area contributed by atoms with Crippen LogP contribution in [0, 0.1) is 0 Å². The van der Waals surface area contributed by atoms with Gasteiger partial charge in [-0.1, -0.05) is 29.8 Å². The molecule has 0 unspecified atom stereocenters. The number of halogens is 3. The Morgan fingerprint density at radius 2 is 1.79 bits per heavy atom. The Balaban J connectivity index is 1.33. The number of nitrogens with zero attached hydrogens (tertiary/aromatic N) is 2. The molecule has 9 heteroatoms. The Bertz CT molecular complexity index is 1350.